The van der Waals surface area contributed by atoms with Crippen molar-refractivity contribution in [3.05, 3.63) is 29.3 Å². The van der Waals surface area contributed by atoms with E-state index in [4.69, 9.17) is 10.5 Å². The predicted octanol–water partition coefficient (Wildman–Crippen LogP) is 1.85. The monoisotopic (exact) mass is 368 g/mol. The van der Waals surface area contributed by atoms with Gasteiger partial charge in [-0.05, 0) is 29.7 Å². The van der Waals surface area contributed by atoms with Crippen LogP contribution in [0, 0.1) is 0 Å². The number of esters is 1. The van der Waals surface area contributed by atoms with Crippen molar-refractivity contribution < 1.29 is 24.2 Å². The topological polar surface area (TPSA) is 102 Å². The molecule has 1 aromatic rings. The Morgan fingerprint density at radius 3 is 2.46 bits per heavy atom. The summed E-state index contributed by atoms with van der Waals surface area (Å²) < 4.78 is 9.43. The number of amides is 1. The Hall–Kier alpha value is -2.12. The Morgan fingerprint density at radius 2 is 1.88 bits per heavy atom. The highest BCUT2D eigenvalue weighted by Gasteiger charge is 2.20. The van der Waals surface area contributed by atoms with Gasteiger partial charge in [0.05, 0.1) is 20.3 Å². The van der Waals surface area contributed by atoms with Crippen LogP contribution < -0.4 is 5.73 Å². The van der Waals surface area contributed by atoms with Crippen molar-refractivity contribution in [1.29, 1.82) is 0 Å². The molecule has 0 unspecified atom stereocenters. The molecule has 0 fully saturated rings. The van der Waals surface area contributed by atoms with Crippen molar-refractivity contribution in [3.8, 4) is 5.75 Å². The van der Waals surface area contributed by atoms with Crippen molar-refractivity contribution in [2.75, 3.05) is 33.4 Å². The van der Waals surface area contributed by atoms with Gasteiger partial charge in [0.25, 0.3) is 0 Å². The maximum Gasteiger partial charge on any atom is 0.302 e. The fourth-order valence-corrected chi connectivity index (χ4v) is 2.26. The number of nitrogens with zero attached hydrogens (tertiary/aromatic N) is 1. The minimum Gasteiger partial charge on any atom is -0.508 e. The summed E-state index contributed by atoms with van der Waals surface area (Å²) in [5.74, 6) is 0.129. The summed E-state index contributed by atoms with van der Waals surface area (Å²) in [6, 6.07) is 5.30. The lowest BCUT2D eigenvalue weighted by Crippen LogP contribution is -2.32. The summed E-state index contributed by atoms with van der Waals surface area (Å²) in [5, 5.41) is 9.54. The van der Waals surface area contributed by atoms with E-state index < -0.39 is 0 Å². The quantitative estimate of drug-likeness (QED) is 0.607. The van der Waals surface area contributed by atoms with Gasteiger partial charge in [-0.3, -0.25) is 9.59 Å². The molecule has 0 aromatic heterocycles. The van der Waals surface area contributed by atoms with Crippen molar-refractivity contribution in [2.45, 2.75) is 40.2 Å². The third-order valence-electron chi connectivity index (χ3n) is 3.57. The first kappa shape index (κ1) is 23.9. The maximum atomic E-state index is 12.0. The van der Waals surface area contributed by atoms with E-state index in [1.54, 1.807) is 17.0 Å². The normalized spacial score (nSPS) is 12.7. The molecule has 2 rings (SSSR count). The molecule has 7 heteroatoms. The van der Waals surface area contributed by atoms with Gasteiger partial charge in [0.15, 0.2) is 0 Å². The van der Waals surface area contributed by atoms with Crippen molar-refractivity contribution >= 4 is 11.9 Å². The number of methoxy groups -OCH3 is 1. The Balaban J connectivity index is 0.000000772. The first-order chi connectivity index (χ1) is 12.5. The van der Waals surface area contributed by atoms with E-state index in [-0.39, 0.29) is 17.6 Å². The maximum absolute atomic E-state index is 12.0. The lowest BCUT2D eigenvalue weighted by atomic mass is 10.0. The lowest BCUT2D eigenvalue weighted by molar-refractivity contribution is -0.138. The molecule has 1 aliphatic rings. The Morgan fingerprint density at radius 1 is 1.23 bits per heavy atom. The average molecular weight is 368 g/mol. The second-order valence-electron chi connectivity index (χ2n) is 5.37. The molecule has 0 atom stereocenters. The summed E-state index contributed by atoms with van der Waals surface area (Å²) in [7, 11) is 1.35. The molecule has 1 amide bonds. The number of rotatable bonds is 5. The molecule has 0 saturated carbocycles. The summed E-state index contributed by atoms with van der Waals surface area (Å²) >= 11 is 0. The number of nitrogens with two attached hydrogens (primary N) is 1. The van der Waals surface area contributed by atoms with E-state index in [0.717, 1.165) is 17.5 Å². The van der Waals surface area contributed by atoms with Gasteiger partial charge in [0, 0.05) is 33.0 Å². The number of fused-ring (bicyclic) bond motifs is 1. The predicted molar refractivity (Wildman–Crippen MR) is 101 cm³/mol. The van der Waals surface area contributed by atoms with Gasteiger partial charge in [0.1, 0.15) is 5.75 Å². The second-order valence-corrected chi connectivity index (χ2v) is 5.37. The largest absolute Gasteiger partial charge is 0.508 e. The molecule has 0 radical (unpaired) electrons. The fraction of sp³-hybridized carbons (Fsp3) is 0.579. The van der Waals surface area contributed by atoms with Crippen LogP contribution in [-0.4, -0.2) is 55.3 Å². The Kier molecular flexibility index (Phi) is 12.9. The van der Waals surface area contributed by atoms with E-state index in [1.165, 1.54) is 14.0 Å². The fourth-order valence-electron chi connectivity index (χ4n) is 2.26. The zero-order chi connectivity index (χ0) is 19.9. The number of phenolic OH excluding ortho intramolecular Hbond substituents is 1. The SMILES string of the molecule is CC.COC(C)=O.NCCOCCN1Cc2cc(O)ccc2CCC1=O. The average Bonchev–Trinajstić information content (AvgIpc) is 2.80. The van der Waals surface area contributed by atoms with Gasteiger partial charge in [-0.2, -0.15) is 0 Å². The third kappa shape index (κ3) is 9.39. The molecule has 0 aliphatic carbocycles. The van der Waals surface area contributed by atoms with Gasteiger partial charge in [-0.1, -0.05) is 19.9 Å². The van der Waals surface area contributed by atoms with Crippen LogP contribution >= 0.6 is 0 Å². The molecule has 0 spiro atoms. The van der Waals surface area contributed by atoms with E-state index in [9.17, 15) is 14.7 Å². The van der Waals surface area contributed by atoms with Crippen molar-refractivity contribution in [3.63, 3.8) is 0 Å². The van der Waals surface area contributed by atoms with E-state index in [2.05, 4.69) is 4.74 Å². The summed E-state index contributed by atoms with van der Waals surface area (Å²) in [5.41, 5.74) is 7.50. The molecule has 3 N–H and O–H groups in total. The van der Waals surface area contributed by atoms with E-state index >= 15 is 0 Å². The number of ether oxygens (including phenoxy) is 2. The standard InChI is InChI=1S/C14H20N2O3.C3H6O2.C2H6/c15-5-7-19-8-6-16-10-12-9-13(17)3-1-11(12)2-4-14(16)18;1-3(4)5-2;1-2/h1,3,9,17H,2,4-8,10,15H2;1-2H3;1-2H3. The third-order valence-corrected chi connectivity index (χ3v) is 3.57. The zero-order valence-corrected chi connectivity index (χ0v) is 16.3. The smallest absolute Gasteiger partial charge is 0.302 e. The van der Waals surface area contributed by atoms with Crippen LogP contribution in [-0.2, 0) is 32.0 Å². The molecule has 7 nitrogen and oxygen atoms in total. The highest BCUT2D eigenvalue weighted by Crippen LogP contribution is 2.23. The van der Waals surface area contributed by atoms with E-state index in [1.807, 2.05) is 19.9 Å². The molecule has 0 bridgehead atoms. The molecule has 148 valence electrons. The number of phenols is 1. The second kappa shape index (κ2) is 14.1. The van der Waals surface area contributed by atoms with Gasteiger partial charge in [0.2, 0.25) is 5.91 Å². The van der Waals surface area contributed by atoms with Gasteiger partial charge in [-0.25, -0.2) is 0 Å². The summed E-state index contributed by atoms with van der Waals surface area (Å²) in [6.45, 7) is 7.96. The van der Waals surface area contributed by atoms with E-state index in [0.29, 0.717) is 39.3 Å². The molecular weight excluding hydrogens is 336 g/mol. The summed E-state index contributed by atoms with van der Waals surface area (Å²) in [4.78, 5) is 23.4. The number of aromatic hydroxyl groups is 1. The number of hydrogen-bond acceptors (Lipinski definition) is 6. The van der Waals surface area contributed by atoms with Crippen LogP contribution in [0.3, 0.4) is 0 Å². The van der Waals surface area contributed by atoms with Gasteiger partial charge >= 0.3 is 5.97 Å². The minimum absolute atomic E-state index is 0.132. The van der Waals surface area contributed by atoms with Crippen LogP contribution in [0.5, 0.6) is 5.75 Å². The number of carbonyl (C=O) groups is 2. The summed E-state index contributed by atoms with van der Waals surface area (Å²) in [6.07, 6.45) is 1.24. The number of benzene rings is 1. The Labute approximate surface area is 156 Å². The molecule has 26 heavy (non-hydrogen) atoms. The number of hydrogen-bond donors (Lipinski definition) is 2. The van der Waals surface area contributed by atoms with Crippen LogP contribution in [0.15, 0.2) is 18.2 Å². The van der Waals surface area contributed by atoms with Crippen LogP contribution in [0.1, 0.15) is 38.3 Å². The Bertz CT molecular complexity index is 549. The lowest BCUT2D eigenvalue weighted by Gasteiger charge is -2.21. The van der Waals surface area contributed by atoms with Crippen LogP contribution in [0.2, 0.25) is 0 Å². The van der Waals surface area contributed by atoms with Gasteiger partial charge < -0.3 is 25.2 Å². The molecule has 1 aliphatic heterocycles. The zero-order valence-electron chi connectivity index (χ0n) is 16.3. The minimum atomic E-state index is -0.245. The highest BCUT2D eigenvalue weighted by atomic mass is 16.5. The first-order valence-corrected chi connectivity index (χ1v) is 8.88. The van der Waals surface area contributed by atoms with Crippen molar-refractivity contribution in [1.82, 2.24) is 4.90 Å². The number of aryl methyl sites for hydroxylation is 1. The van der Waals surface area contributed by atoms with Crippen molar-refractivity contribution in [2.24, 2.45) is 5.73 Å². The molecule has 1 heterocycles. The van der Waals surface area contributed by atoms with Crippen LogP contribution in [0.4, 0.5) is 0 Å². The highest BCUT2D eigenvalue weighted by molar-refractivity contribution is 5.77. The van der Waals surface area contributed by atoms with Crippen LogP contribution in [0.25, 0.3) is 0 Å². The number of carbonyl (C=O) groups excluding carboxylic acids is 2. The first-order valence-electron chi connectivity index (χ1n) is 8.88. The molecular formula is C19H32N2O5. The van der Waals surface area contributed by atoms with Gasteiger partial charge in [-0.15, -0.1) is 0 Å². The molecule has 0 saturated heterocycles. The molecule has 1 aromatic carbocycles.